The minimum Gasteiger partial charge on any atom is -0.385 e. The highest BCUT2D eigenvalue weighted by atomic mass is 16.5. The lowest BCUT2D eigenvalue weighted by atomic mass is 9.99. The van der Waals surface area contributed by atoms with Crippen LogP contribution in [0.3, 0.4) is 0 Å². The van der Waals surface area contributed by atoms with Gasteiger partial charge in [0.15, 0.2) is 0 Å². The minimum absolute atomic E-state index is 0.531. The van der Waals surface area contributed by atoms with Crippen LogP contribution in [-0.2, 0) is 4.74 Å². The van der Waals surface area contributed by atoms with Crippen LogP contribution < -0.4 is 5.32 Å². The summed E-state index contributed by atoms with van der Waals surface area (Å²) in [6.07, 6.45) is 5.24. The zero-order chi connectivity index (χ0) is 14.5. The van der Waals surface area contributed by atoms with E-state index in [1.807, 2.05) is 0 Å². The van der Waals surface area contributed by atoms with Gasteiger partial charge in [-0.25, -0.2) is 0 Å². The van der Waals surface area contributed by atoms with Gasteiger partial charge in [0.25, 0.3) is 0 Å². The molecule has 0 radical (unpaired) electrons. The first kappa shape index (κ1) is 15.0. The number of unbranched alkanes of at least 4 members (excludes halogenated alkanes) is 1. The maximum Gasteiger partial charge on any atom is 0.0473 e. The van der Waals surface area contributed by atoms with Crippen molar-refractivity contribution >= 4 is 0 Å². The third-order valence-corrected chi connectivity index (χ3v) is 4.86. The molecule has 3 heteroatoms. The average molecular weight is 288 g/mol. The number of methoxy groups -OCH3 is 1. The zero-order valence-electron chi connectivity index (χ0n) is 13.1. The standard InChI is InChI=1S/C18H28N2O/c1-21-12-6-5-11-20-14-17(15-9-10-15)19-13-18(20)16-7-3-2-4-8-16/h2-4,7-8,15,17-19H,5-6,9-14H2,1H3. The summed E-state index contributed by atoms with van der Waals surface area (Å²) in [5, 5.41) is 3.79. The number of nitrogens with one attached hydrogen (secondary N) is 1. The first-order valence-electron chi connectivity index (χ1n) is 8.40. The van der Waals surface area contributed by atoms with Crippen LogP contribution in [0.15, 0.2) is 30.3 Å². The maximum atomic E-state index is 5.18. The SMILES string of the molecule is COCCCCN1CC(C2CC2)NCC1c1ccccc1. The number of ether oxygens (including phenoxy) is 1. The van der Waals surface area contributed by atoms with Gasteiger partial charge in [-0.3, -0.25) is 4.90 Å². The van der Waals surface area contributed by atoms with Crippen LogP contribution in [0.25, 0.3) is 0 Å². The average Bonchev–Trinajstić information content (AvgIpc) is 3.37. The van der Waals surface area contributed by atoms with Gasteiger partial charge in [-0.05, 0) is 43.7 Å². The first-order chi connectivity index (χ1) is 10.4. The topological polar surface area (TPSA) is 24.5 Å². The van der Waals surface area contributed by atoms with E-state index in [1.165, 1.54) is 37.9 Å². The van der Waals surface area contributed by atoms with E-state index >= 15 is 0 Å². The molecule has 2 atom stereocenters. The summed E-state index contributed by atoms with van der Waals surface area (Å²) in [6.45, 7) is 4.37. The summed E-state index contributed by atoms with van der Waals surface area (Å²) >= 11 is 0. The lowest BCUT2D eigenvalue weighted by Gasteiger charge is -2.41. The highest BCUT2D eigenvalue weighted by Gasteiger charge is 2.37. The van der Waals surface area contributed by atoms with Crippen LogP contribution in [0, 0.1) is 5.92 Å². The largest absolute Gasteiger partial charge is 0.385 e. The fraction of sp³-hybridized carbons (Fsp3) is 0.667. The quantitative estimate of drug-likeness (QED) is 0.781. The summed E-state index contributed by atoms with van der Waals surface area (Å²) in [4.78, 5) is 2.70. The van der Waals surface area contributed by atoms with Crippen molar-refractivity contribution in [2.75, 3.05) is 33.4 Å². The molecule has 2 unspecified atom stereocenters. The summed E-state index contributed by atoms with van der Waals surface area (Å²) in [5.74, 6) is 0.934. The van der Waals surface area contributed by atoms with Crippen molar-refractivity contribution in [3.8, 4) is 0 Å². The lowest BCUT2D eigenvalue weighted by Crippen LogP contribution is -2.53. The van der Waals surface area contributed by atoms with Gasteiger partial charge in [-0.2, -0.15) is 0 Å². The van der Waals surface area contributed by atoms with Crippen LogP contribution in [-0.4, -0.2) is 44.3 Å². The Hall–Kier alpha value is -0.900. The van der Waals surface area contributed by atoms with Crippen molar-refractivity contribution in [2.24, 2.45) is 5.92 Å². The molecule has 1 heterocycles. The van der Waals surface area contributed by atoms with Crippen molar-refractivity contribution in [1.82, 2.24) is 10.2 Å². The van der Waals surface area contributed by atoms with Crippen LogP contribution in [0.5, 0.6) is 0 Å². The molecule has 1 saturated heterocycles. The predicted octanol–water partition coefficient (Wildman–Crippen LogP) is 2.84. The summed E-state index contributed by atoms with van der Waals surface area (Å²) in [6, 6.07) is 12.2. The number of piperazine rings is 1. The van der Waals surface area contributed by atoms with E-state index in [4.69, 9.17) is 4.74 Å². The molecule has 0 amide bonds. The first-order valence-corrected chi connectivity index (χ1v) is 8.40. The second-order valence-electron chi connectivity index (χ2n) is 6.47. The minimum atomic E-state index is 0.531. The molecule has 2 aliphatic rings. The van der Waals surface area contributed by atoms with Gasteiger partial charge in [0.05, 0.1) is 0 Å². The van der Waals surface area contributed by atoms with Gasteiger partial charge < -0.3 is 10.1 Å². The normalized spacial score (nSPS) is 26.9. The van der Waals surface area contributed by atoms with Gasteiger partial charge in [0.1, 0.15) is 0 Å². The van der Waals surface area contributed by atoms with Gasteiger partial charge in [-0.15, -0.1) is 0 Å². The molecule has 1 aromatic carbocycles. The molecule has 1 N–H and O–H groups in total. The van der Waals surface area contributed by atoms with Gasteiger partial charge in [0, 0.05) is 38.9 Å². The van der Waals surface area contributed by atoms with E-state index in [2.05, 4.69) is 40.5 Å². The Morgan fingerprint density at radius 3 is 2.71 bits per heavy atom. The van der Waals surface area contributed by atoms with Crippen molar-refractivity contribution in [2.45, 2.75) is 37.8 Å². The van der Waals surface area contributed by atoms with E-state index in [9.17, 15) is 0 Å². The monoisotopic (exact) mass is 288 g/mol. The number of nitrogens with zero attached hydrogens (tertiary/aromatic N) is 1. The molecule has 0 aromatic heterocycles. The molecule has 1 aliphatic heterocycles. The van der Waals surface area contributed by atoms with Crippen LogP contribution in [0.4, 0.5) is 0 Å². The van der Waals surface area contributed by atoms with Gasteiger partial charge >= 0.3 is 0 Å². The second-order valence-corrected chi connectivity index (χ2v) is 6.47. The Kier molecular flexibility index (Phi) is 5.28. The molecule has 116 valence electrons. The number of rotatable bonds is 7. The zero-order valence-corrected chi connectivity index (χ0v) is 13.1. The van der Waals surface area contributed by atoms with Crippen molar-refractivity contribution in [3.63, 3.8) is 0 Å². The van der Waals surface area contributed by atoms with E-state index in [-0.39, 0.29) is 0 Å². The van der Waals surface area contributed by atoms with Crippen molar-refractivity contribution in [3.05, 3.63) is 35.9 Å². The highest BCUT2D eigenvalue weighted by molar-refractivity contribution is 5.20. The molecule has 3 nitrogen and oxygen atoms in total. The third-order valence-electron chi connectivity index (χ3n) is 4.86. The smallest absolute Gasteiger partial charge is 0.0473 e. The molecule has 1 saturated carbocycles. The summed E-state index contributed by atoms with van der Waals surface area (Å²) in [5.41, 5.74) is 1.45. The molecule has 2 fully saturated rings. The van der Waals surface area contributed by atoms with Gasteiger partial charge in [-0.1, -0.05) is 30.3 Å². The third kappa shape index (κ3) is 4.06. The molecule has 21 heavy (non-hydrogen) atoms. The van der Waals surface area contributed by atoms with E-state index in [0.717, 1.165) is 25.5 Å². The molecule has 0 spiro atoms. The van der Waals surface area contributed by atoms with Crippen LogP contribution in [0.2, 0.25) is 0 Å². The van der Waals surface area contributed by atoms with Crippen LogP contribution >= 0.6 is 0 Å². The molecular formula is C18H28N2O. The highest BCUT2D eigenvalue weighted by Crippen LogP contribution is 2.36. The van der Waals surface area contributed by atoms with E-state index < -0.39 is 0 Å². The molecule has 1 aromatic rings. The van der Waals surface area contributed by atoms with E-state index in [1.54, 1.807) is 7.11 Å². The Morgan fingerprint density at radius 1 is 1.19 bits per heavy atom. The Balaban J connectivity index is 1.62. The molecular weight excluding hydrogens is 260 g/mol. The fourth-order valence-electron chi connectivity index (χ4n) is 3.46. The van der Waals surface area contributed by atoms with Gasteiger partial charge in [0.2, 0.25) is 0 Å². The Labute approximate surface area is 128 Å². The van der Waals surface area contributed by atoms with Crippen molar-refractivity contribution in [1.29, 1.82) is 0 Å². The second kappa shape index (κ2) is 7.39. The number of hydrogen-bond donors (Lipinski definition) is 1. The van der Waals surface area contributed by atoms with Crippen LogP contribution in [0.1, 0.15) is 37.3 Å². The molecule has 1 aliphatic carbocycles. The summed E-state index contributed by atoms with van der Waals surface area (Å²) < 4.78 is 5.18. The van der Waals surface area contributed by atoms with Crippen molar-refractivity contribution < 1.29 is 4.74 Å². The number of hydrogen-bond acceptors (Lipinski definition) is 3. The van der Waals surface area contributed by atoms with E-state index in [0.29, 0.717) is 12.1 Å². The lowest BCUT2D eigenvalue weighted by molar-refractivity contribution is 0.114. The number of benzene rings is 1. The summed E-state index contributed by atoms with van der Waals surface area (Å²) in [7, 11) is 1.79. The molecule has 0 bridgehead atoms. The Morgan fingerprint density at radius 2 is 2.00 bits per heavy atom. The molecule has 3 rings (SSSR count). The maximum absolute atomic E-state index is 5.18. The predicted molar refractivity (Wildman–Crippen MR) is 86.4 cm³/mol. The Bertz CT molecular complexity index is 418. The fourth-order valence-corrected chi connectivity index (χ4v) is 3.46.